The molecule has 0 aromatic rings. The average molecular weight is 138 g/mol. The SMILES string of the molecule is O=P(=O)C(O)CCO. The molecule has 5 heteroatoms. The molecule has 4 nitrogen and oxygen atoms in total. The van der Waals surface area contributed by atoms with Crippen molar-refractivity contribution >= 4 is 7.68 Å². The van der Waals surface area contributed by atoms with Crippen molar-refractivity contribution < 1.29 is 19.3 Å². The minimum Gasteiger partial charge on any atom is -0.396 e. The third kappa shape index (κ3) is 2.91. The van der Waals surface area contributed by atoms with Gasteiger partial charge in [-0.3, -0.25) is 0 Å². The molecule has 0 bridgehead atoms. The van der Waals surface area contributed by atoms with E-state index in [0.29, 0.717) is 0 Å². The zero-order valence-corrected chi connectivity index (χ0v) is 5.04. The molecule has 0 aliphatic rings. The second-order valence-corrected chi connectivity index (χ2v) is 2.45. The highest BCUT2D eigenvalue weighted by Gasteiger charge is 2.06. The van der Waals surface area contributed by atoms with E-state index in [-0.39, 0.29) is 13.0 Å². The van der Waals surface area contributed by atoms with Gasteiger partial charge in [0.15, 0.2) is 5.85 Å². The Morgan fingerprint density at radius 3 is 2.12 bits per heavy atom. The maximum Gasteiger partial charge on any atom is 0.344 e. The Balaban J connectivity index is 3.48. The first-order valence-corrected chi connectivity index (χ1v) is 3.35. The van der Waals surface area contributed by atoms with Crippen molar-refractivity contribution in [3.8, 4) is 0 Å². The molecule has 0 heterocycles. The lowest BCUT2D eigenvalue weighted by molar-refractivity contribution is 0.188. The predicted molar refractivity (Wildman–Crippen MR) is 26.0 cm³/mol. The van der Waals surface area contributed by atoms with Crippen LogP contribution in [0.5, 0.6) is 0 Å². The van der Waals surface area contributed by atoms with E-state index >= 15 is 0 Å². The highest BCUT2D eigenvalue weighted by atomic mass is 31.1. The van der Waals surface area contributed by atoms with Crippen LogP contribution < -0.4 is 0 Å². The lowest BCUT2D eigenvalue weighted by Gasteiger charge is -1.92. The number of hydrogen-bond donors (Lipinski definition) is 2. The number of rotatable bonds is 3. The van der Waals surface area contributed by atoms with Crippen LogP contribution in [0.1, 0.15) is 6.42 Å². The number of aliphatic hydroxyl groups is 2. The first-order chi connectivity index (χ1) is 3.68. The molecular formula is C3H7O4P. The third-order valence-corrected chi connectivity index (χ3v) is 1.38. The monoisotopic (exact) mass is 138 g/mol. The summed E-state index contributed by atoms with van der Waals surface area (Å²) in [5, 5.41) is 16.4. The quantitative estimate of drug-likeness (QED) is 0.532. The van der Waals surface area contributed by atoms with Crippen LogP contribution in [0.15, 0.2) is 0 Å². The van der Waals surface area contributed by atoms with Gasteiger partial charge in [-0.25, -0.2) is 9.13 Å². The summed E-state index contributed by atoms with van der Waals surface area (Å²) >= 11 is 0. The van der Waals surface area contributed by atoms with Crippen molar-refractivity contribution in [2.24, 2.45) is 0 Å². The molecule has 0 radical (unpaired) electrons. The van der Waals surface area contributed by atoms with E-state index in [1.165, 1.54) is 0 Å². The van der Waals surface area contributed by atoms with E-state index in [2.05, 4.69) is 0 Å². The molecule has 0 saturated carbocycles. The van der Waals surface area contributed by atoms with Crippen LogP contribution in [0, 0.1) is 0 Å². The van der Waals surface area contributed by atoms with Crippen LogP contribution in [0.25, 0.3) is 0 Å². The van der Waals surface area contributed by atoms with Gasteiger partial charge in [0.2, 0.25) is 0 Å². The molecule has 0 spiro atoms. The summed E-state index contributed by atoms with van der Waals surface area (Å²) in [5.41, 5.74) is 0. The molecule has 1 unspecified atom stereocenters. The summed E-state index contributed by atoms with van der Waals surface area (Å²) in [7, 11) is -2.77. The molecule has 48 valence electrons. The average Bonchev–Trinajstić information content (AvgIpc) is 1.67. The van der Waals surface area contributed by atoms with Gasteiger partial charge in [0.25, 0.3) is 0 Å². The fourth-order valence-corrected chi connectivity index (χ4v) is 0.547. The van der Waals surface area contributed by atoms with Crippen molar-refractivity contribution in [1.29, 1.82) is 0 Å². The fourth-order valence-electron chi connectivity index (χ4n) is 0.221. The van der Waals surface area contributed by atoms with Crippen LogP contribution in [-0.4, -0.2) is 22.7 Å². The number of aliphatic hydroxyl groups excluding tert-OH is 2. The topological polar surface area (TPSA) is 74.6 Å². The summed E-state index contributed by atoms with van der Waals surface area (Å²) < 4.78 is 19.5. The highest BCUT2D eigenvalue weighted by molar-refractivity contribution is 7.31. The fraction of sp³-hybridized carbons (Fsp3) is 1.00. The molecule has 2 N–H and O–H groups in total. The van der Waals surface area contributed by atoms with Gasteiger partial charge >= 0.3 is 7.68 Å². The first kappa shape index (κ1) is 7.82. The van der Waals surface area contributed by atoms with E-state index in [0.717, 1.165) is 0 Å². The van der Waals surface area contributed by atoms with Gasteiger partial charge in [-0.1, -0.05) is 0 Å². The van der Waals surface area contributed by atoms with E-state index in [1.54, 1.807) is 0 Å². The van der Waals surface area contributed by atoms with Crippen molar-refractivity contribution in [2.75, 3.05) is 6.61 Å². The molecule has 0 aromatic carbocycles. The Morgan fingerprint density at radius 2 is 2.00 bits per heavy atom. The Hall–Kier alpha value is -0.180. The van der Waals surface area contributed by atoms with E-state index in [4.69, 9.17) is 10.2 Å². The van der Waals surface area contributed by atoms with Gasteiger partial charge in [-0.05, 0) is 0 Å². The van der Waals surface area contributed by atoms with Gasteiger partial charge in [-0.2, -0.15) is 0 Å². The van der Waals surface area contributed by atoms with Gasteiger partial charge in [0, 0.05) is 13.0 Å². The highest BCUT2D eigenvalue weighted by Crippen LogP contribution is 2.13. The smallest absolute Gasteiger partial charge is 0.344 e. The zero-order valence-electron chi connectivity index (χ0n) is 4.15. The van der Waals surface area contributed by atoms with Gasteiger partial charge in [0.05, 0.1) is 0 Å². The standard InChI is InChI=1S/C3H7O4P/c4-2-1-3(5)8(6)7/h3-5H,1-2H2. The first-order valence-electron chi connectivity index (χ1n) is 2.11. The molecule has 0 aliphatic carbocycles. The molecular weight excluding hydrogens is 131 g/mol. The normalized spacial score (nSPS) is 13.2. The molecule has 0 aromatic heterocycles. The summed E-state index contributed by atoms with van der Waals surface area (Å²) in [6.07, 6.45) is -0.0985. The van der Waals surface area contributed by atoms with Crippen molar-refractivity contribution in [3.05, 3.63) is 0 Å². The summed E-state index contributed by atoms with van der Waals surface area (Å²) in [6.45, 7) is -0.301. The summed E-state index contributed by atoms with van der Waals surface area (Å²) in [6, 6.07) is 0. The maximum absolute atomic E-state index is 9.77. The van der Waals surface area contributed by atoms with Crippen LogP contribution in [-0.2, 0) is 9.13 Å². The van der Waals surface area contributed by atoms with Gasteiger partial charge < -0.3 is 10.2 Å². The Labute approximate surface area is 47.0 Å². The Bertz CT molecular complexity index is 110. The van der Waals surface area contributed by atoms with Crippen molar-refractivity contribution in [1.82, 2.24) is 0 Å². The second kappa shape index (κ2) is 3.78. The molecule has 0 amide bonds. The van der Waals surface area contributed by atoms with Gasteiger partial charge in [-0.15, -0.1) is 0 Å². The number of hydrogen-bond acceptors (Lipinski definition) is 4. The van der Waals surface area contributed by atoms with Crippen molar-refractivity contribution in [3.63, 3.8) is 0 Å². The van der Waals surface area contributed by atoms with E-state index < -0.39 is 13.5 Å². The predicted octanol–water partition coefficient (Wildman–Crippen LogP) is -0.140. The molecule has 0 rings (SSSR count). The Morgan fingerprint density at radius 1 is 1.50 bits per heavy atom. The van der Waals surface area contributed by atoms with Gasteiger partial charge in [0.1, 0.15) is 0 Å². The lowest BCUT2D eigenvalue weighted by atomic mass is 10.5. The molecule has 0 saturated heterocycles. The second-order valence-electron chi connectivity index (χ2n) is 1.28. The summed E-state index contributed by atoms with van der Waals surface area (Å²) in [5.74, 6) is -1.38. The summed E-state index contributed by atoms with van der Waals surface area (Å²) in [4.78, 5) is 0. The minimum atomic E-state index is -2.77. The zero-order chi connectivity index (χ0) is 6.57. The molecule has 8 heavy (non-hydrogen) atoms. The molecule has 0 fully saturated rings. The largest absolute Gasteiger partial charge is 0.396 e. The van der Waals surface area contributed by atoms with Crippen LogP contribution >= 0.6 is 7.68 Å². The van der Waals surface area contributed by atoms with Crippen LogP contribution in [0.4, 0.5) is 0 Å². The molecule has 0 aliphatic heterocycles. The van der Waals surface area contributed by atoms with Crippen molar-refractivity contribution in [2.45, 2.75) is 12.3 Å². The maximum atomic E-state index is 9.77. The minimum absolute atomic E-state index is 0.0985. The lowest BCUT2D eigenvalue weighted by Crippen LogP contribution is -1.99. The van der Waals surface area contributed by atoms with Crippen LogP contribution in [0.2, 0.25) is 0 Å². The third-order valence-electron chi connectivity index (χ3n) is 0.631. The van der Waals surface area contributed by atoms with E-state index in [1.807, 2.05) is 0 Å². The molecule has 1 atom stereocenters. The Kier molecular flexibility index (Phi) is 3.69. The van der Waals surface area contributed by atoms with E-state index in [9.17, 15) is 9.13 Å². The van der Waals surface area contributed by atoms with Crippen LogP contribution in [0.3, 0.4) is 0 Å².